The quantitative estimate of drug-likeness (QED) is 0.256. The second-order valence-electron chi connectivity index (χ2n) is 5.62. The highest BCUT2D eigenvalue weighted by Gasteiger charge is 2.06. The molecule has 1 aromatic rings. The number of aryl methyl sites for hydroxylation is 1. The van der Waals surface area contributed by atoms with Crippen LogP contribution in [0.2, 0.25) is 0 Å². The molecule has 0 bridgehead atoms. The van der Waals surface area contributed by atoms with Crippen LogP contribution < -0.4 is 10.6 Å². The van der Waals surface area contributed by atoms with E-state index in [0.29, 0.717) is 12.6 Å². The average Bonchev–Trinajstić information content (AvgIpc) is 2.97. The van der Waals surface area contributed by atoms with E-state index in [1.807, 2.05) is 4.57 Å². The van der Waals surface area contributed by atoms with Gasteiger partial charge in [-0.1, -0.05) is 32.6 Å². The number of unbranched alkanes of at least 4 members (excludes halogenated alkanes) is 3. The number of rotatable bonds is 10. The number of nitrogens with one attached hydrogen (secondary N) is 2. The Morgan fingerprint density at radius 1 is 1.26 bits per heavy atom. The summed E-state index contributed by atoms with van der Waals surface area (Å²) in [5.41, 5.74) is 0. The Morgan fingerprint density at radius 3 is 2.70 bits per heavy atom. The average molecular weight is 436 g/mol. The molecule has 0 aliphatic carbocycles. The zero-order valence-corrected chi connectivity index (χ0v) is 17.3. The van der Waals surface area contributed by atoms with E-state index in [-0.39, 0.29) is 24.0 Å². The van der Waals surface area contributed by atoms with Gasteiger partial charge in [0, 0.05) is 19.1 Å². The van der Waals surface area contributed by atoms with E-state index in [1.54, 1.807) is 6.33 Å². The first-order valence-corrected chi connectivity index (χ1v) is 8.62. The van der Waals surface area contributed by atoms with Crippen molar-refractivity contribution in [3.05, 3.63) is 12.2 Å². The Kier molecular flexibility index (Phi) is 13.1. The first kappa shape index (κ1) is 22.1. The molecule has 1 heterocycles. The summed E-state index contributed by atoms with van der Waals surface area (Å²) in [6, 6.07) is 0.429. The summed E-state index contributed by atoms with van der Waals surface area (Å²) < 4.78 is 2.02. The lowest BCUT2D eigenvalue weighted by atomic mass is 10.1. The Hall–Kier alpha value is -0.860. The molecule has 1 unspecified atom stereocenters. The molecular weight excluding hydrogens is 403 g/mol. The second-order valence-corrected chi connectivity index (χ2v) is 5.62. The van der Waals surface area contributed by atoms with E-state index in [0.717, 1.165) is 24.9 Å². The van der Waals surface area contributed by atoms with Crippen molar-refractivity contribution in [3.63, 3.8) is 0 Å². The predicted octanol–water partition coefficient (Wildman–Crippen LogP) is 3.33. The number of hydrogen-bond donors (Lipinski definition) is 2. The minimum Gasteiger partial charge on any atom is -0.357 e. The lowest BCUT2D eigenvalue weighted by molar-refractivity contribution is 0.536. The number of guanidine groups is 1. The first-order chi connectivity index (χ1) is 10.7. The maximum Gasteiger partial charge on any atom is 0.191 e. The molecule has 0 aliphatic rings. The van der Waals surface area contributed by atoms with Crippen LogP contribution in [0.3, 0.4) is 0 Å². The van der Waals surface area contributed by atoms with Crippen LogP contribution in [0.1, 0.15) is 65.6 Å². The van der Waals surface area contributed by atoms with Crippen molar-refractivity contribution in [3.8, 4) is 0 Å². The Bertz CT molecular complexity index is 432. The lowest BCUT2D eigenvalue weighted by Gasteiger charge is -2.17. The maximum absolute atomic E-state index is 4.62. The number of nitrogens with zero attached hydrogens (tertiary/aromatic N) is 4. The molecule has 0 spiro atoms. The molecule has 6 nitrogen and oxygen atoms in total. The van der Waals surface area contributed by atoms with Gasteiger partial charge in [0.2, 0.25) is 0 Å². The van der Waals surface area contributed by atoms with Crippen molar-refractivity contribution in [2.24, 2.45) is 4.99 Å². The van der Waals surface area contributed by atoms with Crippen molar-refractivity contribution in [2.75, 3.05) is 6.54 Å². The molecule has 0 saturated carbocycles. The van der Waals surface area contributed by atoms with Crippen molar-refractivity contribution in [1.29, 1.82) is 0 Å². The van der Waals surface area contributed by atoms with Gasteiger partial charge in [-0.25, -0.2) is 4.99 Å². The number of hydrogen-bond acceptors (Lipinski definition) is 3. The van der Waals surface area contributed by atoms with Crippen molar-refractivity contribution >= 4 is 29.9 Å². The van der Waals surface area contributed by atoms with E-state index in [1.165, 1.54) is 32.1 Å². The smallest absolute Gasteiger partial charge is 0.191 e. The largest absolute Gasteiger partial charge is 0.357 e. The van der Waals surface area contributed by atoms with Gasteiger partial charge in [-0.2, -0.15) is 0 Å². The van der Waals surface area contributed by atoms with Gasteiger partial charge in [-0.3, -0.25) is 0 Å². The van der Waals surface area contributed by atoms with Crippen LogP contribution in [-0.2, 0) is 13.1 Å². The van der Waals surface area contributed by atoms with Crippen LogP contribution in [0.5, 0.6) is 0 Å². The molecule has 1 rings (SSSR count). The van der Waals surface area contributed by atoms with Crippen LogP contribution in [0.15, 0.2) is 11.3 Å². The fraction of sp³-hybridized carbons (Fsp3) is 0.812. The van der Waals surface area contributed by atoms with Crippen molar-refractivity contribution in [1.82, 2.24) is 25.4 Å². The van der Waals surface area contributed by atoms with Gasteiger partial charge in [0.05, 0.1) is 0 Å². The van der Waals surface area contributed by atoms with E-state index in [9.17, 15) is 0 Å². The van der Waals surface area contributed by atoms with Crippen LogP contribution in [0, 0.1) is 0 Å². The highest BCUT2D eigenvalue weighted by atomic mass is 127. The summed E-state index contributed by atoms with van der Waals surface area (Å²) in [4.78, 5) is 4.62. The molecule has 0 saturated heterocycles. The fourth-order valence-corrected chi connectivity index (χ4v) is 2.32. The van der Waals surface area contributed by atoms with Crippen molar-refractivity contribution in [2.45, 2.75) is 78.9 Å². The van der Waals surface area contributed by atoms with Crippen LogP contribution in [0.4, 0.5) is 0 Å². The number of aliphatic imine (C=N–C) groups is 1. The van der Waals surface area contributed by atoms with E-state index in [2.05, 4.69) is 53.5 Å². The summed E-state index contributed by atoms with van der Waals surface area (Å²) >= 11 is 0. The molecule has 0 fully saturated rings. The lowest BCUT2D eigenvalue weighted by Crippen LogP contribution is -2.42. The predicted molar refractivity (Wildman–Crippen MR) is 107 cm³/mol. The van der Waals surface area contributed by atoms with Gasteiger partial charge >= 0.3 is 0 Å². The minimum atomic E-state index is 0. The summed E-state index contributed by atoms with van der Waals surface area (Å²) in [6.45, 7) is 10.9. The van der Waals surface area contributed by atoms with E-state index in [4.69, 9.17) is 0 Å². The molecule has 0 amide bonds. The Balaban J connectivity index is 0.00000484. The highest BCUT2D eigenvalue weighted by Crippen LogP contribution is 2.05. The van der Waals surface area contributed by atoms with E-state index >= 15 is 0 Å². The van der Waals surface area contributed by atoms with Gasteiger partial charge in [-0.05, 0) is 27.2 Å². The number of halogens is 1. The molecule has 1 aromatic heterocycles. The molecule has 0 aromatic carbocycles. The molecule has 0 radical (unpaired) electrons. The molecule has 7 heteroatoms. The highest BCUT2D eigenvalue weighted by molar-refractivity contribution is 14.0. The van der Waals surface area contributed by atoms with Crippen LogP contribution >= 0.6 is 24.0 Å². The molecular formula is C16H33IN6. The standard InChI is InChI=1S/C16H32N6.HI/c1-5-8-9-10-11-14(4)20-16(17-6-2)18-12-15-21-19-13-22(15)7-3;/h13-14H,5-12H2,1-4H3,(H2,17,18,20);1H. The van der Waals surface area contributed by atoms with Crippen LogP contribution in [0.25, 0.3) is 0 Å². The molecule has 0 aliphatic heterocycles. The first-order valence-electron chi connectivity index (χ1n) is 8.62. The summed E-state index contributed by atoms with van der Waals surface area (Å²) in [6.07, 6.45) is 8.12. The topological polar surface area (TPSA) is 67.1 Å². The Morgan fingerprint density at radius 2 is 2.04 bits per heavy atom. The van der Waals surface area contributed by atoms with Gasteiger partial charge < -0.3 is 15.2 Å². The molecule has 2 N–H and O–H groups in total. The molecule has 134 valence electrons. The van der Waals surface area contributed by atoms with Gasteiger partial charge in [-0.15, -0.1) is 34.2 Å². The minimum absolute atomic E-state index is 0. The summed E-state index contributed by atoms with van der Waals surface area (Å²) in [5.74, 6) is 1.76. The molecule has 23 heavy (non-hydrogen) atoms. The fourth-order valence-electron chi connectivity index (χ4n) is 2.32. The third-order valence-corrected chi connectivity index (χ3v) is 3.63. The summed E-state index contributed by atoms with van der Waals surface area (Å²) in [7, 11) is 0. The monoisotopic (exact) mass is 436 g/mol. The maximum atomic E-state index is 4.62. The van der Waals surface area contributed by atoms with Crippen molar-refractivity contribution < 1.29 is 0 Å². The number of aromatic nitrogens is 3. The van der Waals surface area contributed by atoms with Gasteiger partial charge in [0.1, 0.15) is 12.9 Å². The normalized spacial score (nSPS) is 12.6. The summed E-state index contributed by atoms with van der Waals surface area (Å²) in [5, 5.41) is 14.8. The van der Waals surface area contributed by atoms with Crippen LogP contribution in [-0.4, -0.2) is 33.3 Å². The SMILES string of the molecule is CCCCCCC(C)NC(=NCc1nncn1CC)NCC.I. The third-order valence-electron chi connectivity index (χ3n) is 3.63. The van der Waals surface area contributed by atoms with Gasteiger partial charge in [0.15, 0.2) is 11.8 Å². The van der Waals surface area contributed by atoms with E-state index < -0.39 is 0 Å². The zero-order valence-electron chi connectivity index (χ0n) is 15.0. The molecule has 1 atom stereocenters. The zero-order chi connectivity index (χ0) is 16.2. The second kappa shape index (κ2) is 13.6. The third kappa shape index (κ3) is 9.12. The Labute approximate surface area is 158 Å². The van der Waals surface area contributed by atoms with Gasteiger partial charge in [0.25, 0.3) is 0 Å².